The van der Waals surface area contributed by atoms with Gasteiger partial charge in [0.15, 0.2) is 11.5 Å². The molecule has 1 N–H and O–H groups in total. The van der Waals surface area contributed by atoms with E-state index in [-0.39, 0.29) is 6.61 Å². The Kier molecular flexibility index (Phi) is 8.21. The molecule has 0 spiro atoms. The molecule has 1 aliphatic heterocycles. The molecular formula is C27H34ClN3O4. The Morgan fingerprint density at radius 3 is 2.63 bits per heavy atom. The molecule has 35 heavy (non-hydrogen) atoms. The van der Waals surface area contributed by atoms with Crippen LogP contribution in [0.4, 0.5) is 0 Å². The number of nitrogens with zero attached hydrogens (tertiary/aromatic N) is 3. The molecular weight excluding hydrogens is 466 g/mol. The fourth-order valence-corrected chi connectivity index (χ4v) is 4.65. The molecule has 0 aliphatic carbocycles. The fraction of sp³-hybridized carbons (Fsp3) is 0.444. The average molecular weight is 500 g/mol. The lowest BCUT2D eigenvalue weighted by Crippen LogP contribution is -2.51. The third kappa shape index (κ3) is 6.69. The van der Waals surface area contributed by atoms with Crippen LogP contribution in [0.25, 0.3) is 0 Å². The van der Waals surface area contributed by atoms with E-state index in [4.69, 9.17) is 25.8 Å². The highest BCUT2D eigenvalue weighted by Gasteiger charge is 2.34. The minimum Gasteiger partial charge on any atom is -0.493 e. The van der Waals surface area contributed by atoms with Gasteiger partial charge >= 0.3 is 0 Å². The van der Waals surface area contributed by atoms with Crippen molar-refractivity contribution in [2.45, 2.75) is 45.4 Å². The lowest BCUT2D eigenvalue weighted by Gasteiger charge is -2.39. The molecule has 0 radical (unpaired) electrons. The monoisotopic (exact) mass is 499 g/mol. The van der Waals surface area contributed by atoms with Crippen molar-refractivity contribution in [1.29, 1.82) is 0 Å². The number of halogens is 1. The smallest absolute Gasteiger partial charge is 0.161 e. The van der Waals surface area contributed by atoms with Gasteiger partial charge in [-0.05, 0) is 74.2 Å². The van der Waals surface area contributed by atoms with Crippen LogP contribution in [0.5, 0.6) is 17.2 Å². The van der Waals surface area contributed by atoms with Crippen LogP contribution in [0, 0.1) is 13.8 Å². The SMILES string of the molecule is COc1ccc(CN2CCC[C@@](O)(COc3cc(C)c(Cl)c(C)c3)C2)cc1OCCn1ccnc1. The van der Waals surface area contributed by atoms with E-state index < -0.39 is 5.60 Å². The second-order valence-corrected chi connectivity index (χ2v) is 9.71. The van der Waals surface area contributed by atoms with E-state index in [2.05, 4.69) is 9.88 Å². The number of hydrogen-bond acceptors (Lipinski definition) is 6. The fourth-order valence-electron chi connectivity index (χ4n) is 4.54. The van der Waals surface area contributed by atoms with Crippen LogP contribution in [-0.4, -0.2) is 58.6 Å². The molecule has 0 bridgehead atoms. The summed E-state index contributed by atoms with van der Waals surface area (Å²) in [5.41, 5.74) is 2.15. The molecule has 188 valence electrons. The molecule has 1 atom stereocenters. The molecule has 1 saturated heterocycles. The summed E-state index contributed by atoms with van der Waals surface area (Å²) in [6, 6.07) is 9.85. The number of aromatic nitrogens is 2. The molecule has 1 fully saturated rings. The largest absolute Gasteiger partial charge is 0.493 e. The number of likely N-dealkylation sites (tertiary alicyclic amines) is 1. The zero-order chi connectivity index (χ0) is 24.8. The van der Waals surface area contributed by atoms with Gasteiger partial charge in [-0.25, -0.2) is 4.98 Å². The quantitative estimate of drug-likeness (QED) is 0.438. The van der Waals surface area contributed by atoms with E-state index in [1.807, 2.05) is 54.9 Å². The number of piperidine rings is 1. The molecule has 2 aromatic carbocycles. The molecule has 0 unspecified atom stereocenters. The first-order valence-electron chi connectivity index (χ1n) is 11.9. The molecule has 3 aromatic rings. The molecule has 8 heteroatoms. The van der Waals surface area contributed by atoms with E-state index in [1.54, 1.807) is 19.6 Å². The number of benzene rings is 2. The molecule has 0 amide bonds. The molecule has 1 aromatic heterocycles. The van der Waals surface area contributed by atoms with Crippen molar-refractivity contribution in [2.24, 2.45) is 0 Å². The van der Waals surface area contributed by atoms with Gasteiger partial charge in [-0.3, -0.25) is 4.90 Å². The van der Waals surface area contributed by atoms with Gasteiger partial charge in [0.25, 0.3) is 0 Å². The third-order valence-corrected chi connectivity index (χ3v) is 6.95. The number of rotatable bonds is 10. The summed E-state index contributed by atoms with van der Waals surface area (Å²) in [6.45, 7) is 7.57. The number of aryl methyl sites for hydroxylation is 2. The Morgan fingerprint density at radius 2 is 1.91 bits per heavy atom. The maximum Gasteiger partial charge on any atom is 0.161 e. The van der Waals surface area contributed by atoms with Crippen LogP contribution >= 0.6 is 11.6 Å². The minimum atomic E-state index is -0.906. The lowest BCUT2D eigenvalue weighted by atomic mass is 9.93. The first-order chi connectivity index (χ1) is 16.8. The highest BCUT2D eigenvalue weighted by atomic mass is 35.5. The van der Waals surface area contributed by atoms with E-state index in [9.17, 15) is 5.11 Å². The second-order valence-electron chi connectivity index (χ2n) is 9.33. The van der Waals surface area contributed by atoms with Crippen molar-refractivity contribution in [1.82, 2.24) is 14.5 Å². The predicted octanol–water partition coefficient (Wildman–Crippen LogP) is 4.65. The number of hydrogen-bond donors (Lipinski definition) is 1. The normalized spacial score (nSPS) is 18.4. The highest BCUT2D eigenvalue weighted by Crippen LogP contribution is 2.31. The van der Waals surface area contributed by atoms with Crippen molar-refractivity contribution in [3.63, 3.8) is 0 Å². The van der Waals surface area contributed by atoms with Gasteiger partial charge in [0.05, 0.1) is 20.0 Å². The van der Waals surface area contributed by atoms with Crippen LogP contribution in [0.1, 0.15) is 29.5 Å². The molecule has 2 heterocycles. The van der Waals surface area contributed by atoms with E-state index in [1.165, 1.54) is 0 Å². The Morgan fingerprint density at radius 1 is 1.11 bits per heavy atom. The first kappa shape index (κ1) is 25.4. The molecule has 4 rings (SSSR count). The van der Waals surface area contributed by atoms with Gasteiger partial charge in [-0.15, -0.1) is 0 Å². The summed E-state index contributed by atoms with van der Waals surface area (Å²) < 4.78 is 19.5. The Bertz CT molecular complexity index is 1100. The van der Waals surface area contributed by atoms with Crippen molar-refractivity contribution in [3.05, 3.63) is 70.8 Å². The Balaban J connectivity index is 1.36. The zero-order valence-corrected chi connectivity index (χ0v) is 21.4. The molecule has 0 saturated carbocycles. The zero-order valence-electron chi connectivity index (χ0n) is 20.7. The van der Waals surface area contributed by atoms with Crippen molar-refractivity contribution < 1.29 is 19.3 Å². The van der Waals surface area contributed by atoms with Gasteiger partial charge in [-0.2, -0.15) is 0 Å². The number of methoxy groups -OCH3 is 1. The van der Waals surface area contributed by atoms with Gasteiger partial charge in [-0.1, -0.05) is 17.7 Å². The minimum absolute atomic E-state index is 0.245. The van der Waals surface area contributed by atoms with Crippen LogP contribution in [0.3, 0.4) is 0 Å². The predicted molar refractivity (Wildman–Crippen MR) is 137 cm³/mol. The lowest BCUT2D eigenvalue weighted by molar-refractivity contribution is -0.0621. The number of ether oxygens (including phenoxy) is 3. The van der Waals surface area contributed by atoms with Gasteiger partial charge < -0.3 is 23.9 Å². The number of imidazole rings is 1. The third-order valence-electron chi connectivity index (χ3n) is 6.35. The topological polar surface area (TPSA) is 69.0 Å². The summed E-state index contributed by atoms with van der Waals surface area (Å²) >= 11 is 6.27. The summed E-state index contributed by atoms with van der Waals surface area (Å²) in [4.78, 5) is 6.32. The van der Waals surface area contributed by atoms with Crippen molar-refractivity contribution in [2.75, 3.05) is 33.4 Å². The van der Waals surface area contributed by atoms with E-state index >= 15 is 0 Å². The maximum absolute atomic E-state index is 11.3. The van der Waals surface area contributed by atoms with Crippen LogP contribution in [0.15, 0.2) is 49.1 Å². The highest BCUT2D eigenvalue weighted by molar-refractivity contribution is 6.32. The van der Waals surface area contributed by atoms with Crippen LogP contribution < -0.4 is 14.2 Å². The summed E-state index contributed by atoms with van der Waals surface area (Å²) in [5, 5.41) is 12.0. The number of β-amino-alcohol motifs (C(OH)–C–C–N with tert-alkyl or cyclic N) is 1. The first-order valence-corrected chi connectivity index (χ1v) is 12.3. The summed E-state index contributed by atoms with van der Waals surface area (Å²) in [6.07, 6.45) is 7.05. The van der Waals surface area contributed by atoms with Crippen LogP contribution in [-0.2, 0) is 13.1 Å². The van der Waals surface area contributed by atoms with E-state index in [0.29, 0.717) is 44.2 Å². The van der Waals surface area contributed by atoms with Crippen molar-refractivity contribution >= 4 is 11.6 Å². The van der Waals surface area contributed by atoms with Gasteiger partial charge in [0.2, 0.25) is 0 Å². The number of aliphatic hydroxyl groups is 1. The Hall–Kier alpha value is -2.74. The van der Waals surface area contributed by atoms with Gasteiger partial charge in [0.1, 0.15) is 24.6 Å². The summed E-state index contributed by atoms with van der Waals surface area (Å²) in [7, 11) is 1.64. The maximum atomic E-state index is 11.3. The second kappa shape index (κ2) is 11.3. The standard InChI is InChI=1S/C27H34ClN3O4/c1-20-13-23(14-21(2)26(20)28)35-18-27(32)7-4-9-31(17-27)16-22-5-6-24(33-3)25(15-22)34-12-11-30-10-8-29-19-30/h5-6,8,10,13-15,19,32H,4,7,9,11-12,16-18H2,1-3H3/t27-/m0/s1. The van der Waals surface area contributed by atoms with E-state index in [0.717, 1.165) is 40.4 Å². The molecule has 1 aliphatic rings. The average Bonchev–Trinajstić information content (AvgIpc) is 3.35. The summed E-state index contributed by atoms with van der Waals surface area (Å²) in [5.74, 6) is 2.16. The molecule has 7 nitrogen and oxygen atoms in total. The van der Waals surface area contributed by atoms with Crippen molar-refractivity contribution in [3.8, 4) is 17.2 Å². The van der Waals surface area contributed by atoms with Gasteiger partial charge in [0, 0.05) is 30.5 Å². The van der Waals surface area contributed by atoms with Crippen LogP contribution in [0.2, 0.25) is 5.02 Å². The Labute approximate surface area is 212 Å².